The quantitative estimate of drug-likeness (QED) is 0.219. The van der Waals surface area contributed by atoms with E-state index in [0.717, 1.165) is 75.4 Å². The number of nitrogens with zero attached hydrogens (tertiary/aromatic N) is 1. The monoisotopic (exact) mass is 469 g/mol. The highest BCUT2D eigenvalue weighted by atomic mass is 16.5. The molecule has 0 fully saturated rings. The predicted molar refractivity (Wildman–Crippen MR) is 140 cm³/mol. The first-order valence-corrected chi connectivity index (χ1v) is 13.0. The molecule has 2 aromatic rings. The number of aromatic hydroxyl groups is 2. The second-order valence-electron chi connectivity index (χ2n) is 9.29. The summed E-state index contributed by atoms with van der Waals surface area (Å²) in [7, 11) is 1.70. The van der Waals surface area contributed by atoms with Crippen molar-refractivity contribution < 1.29 is 14.9 Å². The Labute approximate surface area is 205 Å². The van der Waals surface area contributed by atoms with Gasteiger partial charge in [-0.1, -0.05) is 38.0 Å². The van der Waals surface area contributed by atoms with Gasteiger partial charge in [-0.15, -0.1) is 0 Å². The summed E-state index contributed by atoms with van der Waals surface area (Å²) in [5.41, 5.74) is 3.18. The highest BCUT2D eigenvalue weighted by Crippen LogP contribution is 2.36. The van der Waals surface area contributed by atoms with Gasteiger partial charge in [0, 0.05) is 24.7 Å². The number of rotatable bonds is 15. The Kier molecular flexibility index (Phi) is 10.8. The van der Waals surface area contributed by atoms with Crippen LogP contribution in [0.15, 0.2) is 36.4 Å². The van der Waals surface area contributed by atoms with E-state index in [2.05, 4.69) is 22.5 Å². The summed E-state index contributed by atoms with van der Waals surface area (Å²) in [6, 6.07) is 12.2. The zero-order valence-electron chi connectivity index (χ0n) is 21.0. The van der Waals surface area contributed by atoms with Crippen molar-refractivity contribution in [3.05, 3.63) is 47.5 Å². The number of ether oxygens (including phenoxy) is 1. The average Bonchev–Trinajstić information content (AvgIpc) is 2.86. The van der Waals surface area contributed by atoms with Crippen LogP contribution in [-0.4, -0.2) is 61.0 Å². The Morgan fingerprint density at radius 1 is 0.971 bits per heavy atom. The molecule has 0 aliphatic heterocycles. The number of benzene rings is 2. The Morgan fingerprint density at radius 3 is 2.62 bits per heavy atom. The van der Waals surface area contributed by atoms with Crippen molar-refractivity contribution in [2.24, 2.45) is 0 Å². The summed E-state index contributed by atoms with van der Waals surface area (Å²) in [4.78, 5) is 2.65. The molecule has 0 radical (unpaired) electrons. The second-order valence-corrected chi connectivity index (χ2v) is 9.29. The topological polar surface area (TPSA) is 77.0 Å². The number of phenols is 2. The molecular weight excluding hydrogens is 426 g/mol. The normalized spacial score (nSPS) is 15.3. The Morgan fingerprint density at radius 2 is 1.79 bits per heavy atom. The molecule has 3 rings (SSSR count). The van der Waals surface area contributed by atoms with Gasteiger partial charge in [0.2, 0.25) is 0 Å². The molecule has 0 heterocycles. The van der Waals surface area contributed by atoms with Gasteiger partial charge in [0.05, 0.1) is 12.8 Å². The van der Waals surface area contributed by atoms with Crippen molar-refractivity contribution >= 4 is 5.69 Å². The SMILES string of the molecule is CCCN(CCCCCCNCCNc1ccccc1OC)C1CCc2c(ccc(O)c2O)C1. The summed E-state index contributed by atoms with van der Waals surface area (Å²) in [5.74, 6) is 0.974. The first-order valence-electron chi connectivity index (χ1n) is 13.0. The summed E-state index contributed by atoms with van der Waals surface area (Å²) in [6.07, 6.45) is 9.00. The van der Waals surface area contributed by atoms with Crippen molar-refractivity contribution in [3.8, 4) is 17.2 Å². The molecule has 2 aromatic carbocycles. The van der Waals surface area contributed by atoms with Crippen LogP contribution in [0.2, 0.25) is 0 Å². The largest absolute Gasteiger partial charge is 0.504 e. The van der Waals surface area contributed by atoms with Gasteiger partial charge in [0.1, 0.15) is 5.75 Å². The molecular formula is C28H43N3O3. The van der Waals surface area contributed by atoms with E-state index in [0.29, 0.717) is 6.04 Å². The minimum atomic E-state index is 0.00444. The molecule has 6 nitrogen and oxygen atoms in total. The standard InChI is InChI=1S/C28H43N3O3/c1-3-19-31(23-13-14-24-22(21-23)12-15-26(32)28(24)33)20-9-5-4-8-16-29-17-18-30-25-10-6-7-11-27(25)34-2/h6-7,10-12,15,23,29-30,32-33H,3-5,8-9,13-14,16-21H2,1-2H3. The minimum Gasteiger partial charge on any atom is -0.504 e. The van der Waals surface area contributed by atoms with E-state index in [9.17, 15) is 10.2 Å². The number of hydrogen-bond acceptors (Lipinski definition) is 6. The molecule has 0 spiro atoms. The van der Waals surface area contributed by atoms with Gasteiger partial charge in [-0.2, -0.15) is 0 Å². The lowest BCUT2D eigenvalue weighted by Gasteiger charge is -2.35. The van der Waals surface area contributed by atoms with Gasteiger partial charge in [-0.05, 0) is 81.9 Å². The van der Waals surface area contributed by atoms with Crippen LogP contribution in [0.3, 0.4) is 0 Å². The Balaban J connectivity index is 1.28. The molecule has 0 aromatic heterocycles. The van der Waals surface area contributed by atoms with E-state index in [4.69, 9.17) is 4.74 Å². The molecule has 34 heavy (non-hydrogen) atoms. The lowest BCUT2D eigenvalue weighted by molar-refractivity contribution is 0.175. The summed E-state index contributed by atoms with van der Waals surface area (Å²) in [5, 5.41) is 26.9. The molecule has 1 atom stereocenters. The van der Waals surface area contributed by atoms with E-state index in [-0.39, 0.29) is 11.5 Å². The Hall–Kier alpha value is -2.44. The maximum Gasteiger partial charge on any atom is 0.160 e. The zero-order valence-corrected chi connectivity index (χ0v) is 21.0. The fraction of sp³-hybridized carbons (Fsp3) is 0.571. The van der Waals surface area contributed by atoms with Gasteiger partial charge < -0.3 is 30.5 Å². The number of fused-ring (bicyclic) bond motifs is 1. The molecule has 0 saturated heterocycles. The molecule has 0 amide bonds. The van der Waals surface area contributed by atoms with E-state index < -0.39 is 0 Å². The van der Waals surface area contributed by atoms with E-state index in [1.54, 1.807) is 13.2 Å². The van der Waals surface area contributed by atoms with E-state index in [1.807, 2.05) is 30.3 Å². The minimum absolute atomic E-state index is 0.00444. The van der Waals surface area contributed by atoms with Gasteiger partial charge in [0.25, 0.3) is 0 Å². The number of anilines is 1. The number of phenolic OH excluding ortho intramolecular Hbond substituents is 2. The van der Waals surface area contributed by atoms with Crippen LogP contribution in [0.5, 0.6) is 17.2 Å². The average molecular weight is 470 g/mol. The van der Waals surface area contributed by atoms with Gasteiger partial charge in [-0.25, -0.2) is 0 Å². The van der Waals surface area contributed by atoms with Crippen LogP contribution >= 0.6 is 0 Å². The lowest BCUT2D eigenvalue weighted by atomic mass is 9.86. The van der Waals surface area contributed by atoms with Crippen molar-refractivity contribution in [2.45, 2.75) is 64.3 Å². The molecule has 1 aliphatic carbocycles. The maximum absolute atomic E-state index is 10.2. The molecule has 188 valence electrons. The molecule has 0 saturated carbocycles. The Bertz CT molecular complexity index is 874. The lowest BCUT2D eigenvalue weighted by Crippen LogP contribution is -2.40. The highest BCUT2D eigenvalue weighted by molar-refractivity contribution is 5.56. The summed E-state index contributed by atoms with van der Waals surface area (Å²) >= 11 is 0. The maximum atomic E-state index is 10.2. The first-order chi connectivity index (χ1) is 16.6. The van der Waals surface area contributed by atoms with Crippen LogP contribution in [0.4, 0.5) is 5.69 Å². The molecule has 1 unspecified atom stereocenters. The van der Waals surface area contributed by atoms with E-state index in [1.165, 1.54) is 31.2 Å². The zero-order chi connectivity index (χ0) is 24.2. The van der Waals surface area contributed by atoms with Gasteiger partial charge >= 0.3 is 0 Å². The highest BCUT2D eigenvalue weighted by Gasteiger charge is 2.26. The number of para-hydroxylation sites is 2. The number of unbranched alkanes of at least 4 members (excludes halogenated alkanes) is 3. The van der Waals surface area contributed by atoms with Crippen LogP contribution in [0.25, 0.3) is 0 Å². The fourth-order valence-electron chi connectivity index (χ4n) is 5.00. The number of methoxy groups -OCH3 is 1. The summed E-state index contributed by atoms with van der Waals surface area (Å²) < 4.78 is 5.37. The predicted octanol–water partition coefficient (Wildman–Crippen LogP) is 4.94. The third kappa shape index (κ3) is 7.54. The van der Waals surface area contributed by atoms with Crippen molar-refractivity contribution in [3.63, 3.8) is 0 Å². The van der Waals surface area contributed by atoms with E-state index >= 15 is 0 Å². The molecule has 4 N–H and O–H groups in total. The molecule has 0 bridgehead atoms. The third-order valence-corrected chi connectivity index (χ3v) is 6.84. The van der Waals surface area contributed by atoms with Crippen molar-refractivity contribution in [1.82, 2.24) is 10.2 Å². The van der Waals surface area contributed by atoms with Crippen molar-refractivity contribution in [2.75, 3.05) is 45.2 Å². The van der Waals surface area contributed by atoms with Crippen LogP contribution in [0.1, 0.15) is 56.6 Å². The van der Waals surface area contributed by atoms with Crippen LogP contribution < -0.4 is 15.4 Å². The second kappa shape index (κ2) is 14.1. The molecule has 1 aliphatic rings. The number of hydrogen-bond donors (Lipinski definition) is 4. The summed E-state index contributed by atoms with van der Waals surface area (Å²) in [6.45, 7) is 7.41. The van der Waals surface area contributed by atoms with Crippen LogP contribution in [0, 0.1) is 0 Å². The third-order valence-electron chi connectivity index (χ3n) is 6.84. The number of nitrogens with one attached hydrogen (secondary N) is 2. The fourth-order valence-corrected chi connectivity index (χ4v) is 5.00. The molecule has 6 heteroatoms. The first kappa shape index (κ1) is 26.2. The van der Waals surface area contributed by atoms with Gasteiger partial charge in [0.15, 0.2) is 11.5 Å². The van der Waals surface area contributed by atoms with Crippen molar-refractivity contribution in [1.29, 1.82) is 0 Å². The van der Waals surface area contributed by atoms with Gasteiger partial charge in [-0.3, -0.25) is 0 Å². The van der Waals surface area contributed by atoms with Crippen LogP contribution in [-0.2, 0) is 12.8 Å². The smallest absolute Gasteiger partial charge is 0.160 e.